The van der Waals surface area contributed by atoms with Gasteiger partial charge in [-0.05, 0) is 6.07 Å². The van der Waals surface area contributed by atoms with Crippen LogP contribution in [0, 0.1) is 5.82 Å². The Morgan fingerprint density at radius 3 is 2.84 bits per heavy atom. The number of rotatable bonds is 4. The molecule has 0 saturated carbocycles. The van der Waals surface area contributed by atoms with E-state index in [0.29, 0.717) is 5.01 Å². The van der Waals surface area contributed by atoms with Crippen molar-refractivity contribution in [2.24, 2.45) is 0 Å². The highest BCUT2D eigenvalue weighted by Crippen LogP contribution is 2.09. The van der Waals surface area contributed by atoms with Crippen LogP contribution in [0.2, 0.25) is 0 Å². The van der Waals surface area contributed by atoms with Gasteiger partial charge in [0, 0.05) is 11.6 Å². The molecule has 2 aromatic rings. The number of carbonyl (C=O) groups excluding carboxylic acids is 1. The number of nitrogens with one attached hydrogen (secondary N) is 1. The number of amides is 1. The summed E-state index contributed by atoms with van der Waals surface area (Å²) in [5, 5.41) is 13.0. The lowest BCUT2D eigenvalue weighted by molar-refractivity contribution is 0.0691. The molecule has 0 aliphatic heterocycles. The minimum absolute atomic E-state index is 0.0679. The number of carboxylic acid groups (broad SMARTS) is 1. The summed E-state index contributed by atoms with van der Waals surface area (Å²) in [6, 6.07) is 1.06. The Balaban J connectivity index is 1.98. The Hall–Kier alpha value is -2.35. The summed E-state index contributed by atoms with van der Waals surface area (Å²) in [5.41, 5.74) is 0.0247. The van der Waals surface area contributed by atoms with Crippen molar-refractivity contribution in [3.8, 4) is 0 Å². The normalized spacial score (nSPS) is 10.2. The number of pyridine rings is 1. The lowest BCUT2D eigenvalue weighted by Gasteiger charge is -2.02. The molecule has 2 heterocycles. The Morgan fingerprint density at radius 1 is 1.42 bits per heavy atom. The second-order valence-corrected chi connectivity index (χ2v) is 4.45. The van der Waals surface area contributed by atoms with Gasteiger partial charge in [-0.1, -0.05) is 0 Å². The Labute approximate surface area is 110 Å². The maximum atomic E-state index is 12.9. The lowest BCUT2D eigenvalue weighted by atomic mass is 10.2. The van der Waals surface area contributed by atoms with Gasteiger partial charge in [0.1, 0.15) is 10.8 Å². The van der Waals surface area contributed by atoms with E-state index >= 15 is 0 Å². The van der Waals surface area contributed by atoms with Crippen LogP contribution in [0.15, 0.2) is 23.8 Å². The SMILES string of the molecule is O=C(NCc1nc(C(=O)O)cs1)c1cncc(F)c1. The second-order valence-electron chi connectivity index (χ2n) is 3.51. The molecule has 98 valence electrons. The molecule has 0 saturated heterocycles. The van der Waals surface area contributed by atoms with Crippen LogP contribution in [0.25, 0.3) is 0 Å². The molecule has 0 unspecified atom stereocenters. The van der Waals surface area contributed by atoms with E-state index in [-0.39, 0.29) is 17.8 Å². The van der Waals surface area contributed by atoms with Crippen LogP contribution in [-0.2, 0) is 6.54 Å². The first-order valence-corrected chi connectivity index (χ1v) is 6.00. The smallest absolute Gasteiger partial charge is 0.355 e. The van der Waals surface area contributed by atoms with Gasteiger partial charge in [-0.2, -0.15) is 0 Å². The third-order valence-corrected chi connectivity index (χ3v) is 2.99. The molecular formula is C11H8FN3O3S. The average Bonchev–Trinajstić information content (AvgIpc) is 2.85. The van der Waals surface area contributed by atoms with Crippen molar-refractivity contribution in [1.82, 2.24) is 15.3 Å². The minimum atomic E-state index is -1.12. The molecule has 0 fully saturated rings. The quantitative estimate of drug-likeness (QED) is 0.881. The Kier molecular flexibility index (Phi) is 3.81. The highest BCUT2D eigenvalue weighted by atomic mass is 32.1. The molecule has 19 heavy (non-hydrogen) atoms. The summed E-state index contributed by atoms with van der Waals surface area (Å²) in [7, 11) is 0. The van der Waals surface area contributed by atoms with Crippen molar-refractivity contribution >= 4 is 23.2 Å². The van der Waals surface area contributed by atoms with Crippen molar-refractivity contribution in [1.29, 1.82) is 0 Å². The molecule has 0 bridgehead atoms. The van der Waals surface area contributed by atoms with Gasteiger partial charge in [-0.3, -0.25) is 9.78 Å². The maximum absolute atomic E-state index is 12.9. The number of aromatic nitrogens is 2. The number of hydrogen-bond acceptors (Lipinski definition) is 5. The van der Waals surface area contributed by atoms with Crippen molar-refractivity contribution in [2.75, 3.05) is 0 Å². The summed E-state index contributed by atoms with van der Waals surface area (Å²) in [6.07, 6.45) is 2.24. The zero-order valence-electron chi connectivity index (χ0n) is 9.46. The number of aromatic carboxylic acids is 1. The number of thiazole rings is 1. The molecule has 2 rings (SSSR count). The van der Waals surface area contributed by atoms with E-state index in [1.54, 1.807) is 0 Å². The van der Waals surface area contributed by atoms with Crippen molar-refractivity contribution in [3.63, 3.8) is 0 Å². The molecule has 0 aromatic carbocycles. The molecule has 0 spiro atoms. The van der Waals surface area contributed by atoms with Crippen LogP contribution in [0.1, 0.15) is 25.9 Å². The third kappa shape index (κ3) is 3.32. The predicted molar refractivity (Wildman–Crippen MR) is 64.4 cm³/mol. The summed E-state index contributed by atoms with van der Waals surface area (Å²) >= 11 is 1.12. The number of carbonyl (C=O) groups is 2. The fourth-order valence-corrected chi connectivity index (χ4v) is 1.99. The van der Waals surface area contributed by atoms with Crippen LogP contribution in [-0.4, -0.2) is 27.0 Å². The van der Waals surface area contributed by atoms with Gasteiger partial charge in [-0.25, -0.2) is 14.2 Å². The molecule has 0 radical (unpaired) electrons. The van der Waals surface area contributed by atoms with Gasteiger partial charge < -0.3 is 10.4 Å². The van der Waals surface area contributed by atoms with E-state index < -0.39 is 17.7 Å². The van der Waals surface area contributed by atoms with Crippen LogP contribution < -0.4 is 5.32 Å². The van der Waals surface area contributed by atoms with Crippen LogP contribution >= 0.6 is 11.3 Å². The number of hydrogen-bond donors (Lipinski definition) is 2. The first-order valence-electron chi connectivity index (χ1n) is 5.12. The largest absolute Gasteiger partial charge is 0.476 e. The first kappa shape index (κ1) is 13.1. The van der Waals surface area contributed by atoms with Gasteiger partial charge in [0.05, 0.1) is 18.3 Å². The Morgan fingerprint density at radius 2 is 2.21 bits per heavy atom. The maximum Gasteiger partial charge on any atom is 0.355 e. The zero-order valence-corrected chi connectivity index (χ0v) is 10.3. The second kappa shape index (κ2) is 5.53. The van der Waals surface area contributed by atoms with Crippen LogP contribution in [0.3, 0.4) is 0 Å². The van der Waals surface area contributed by atoms with E-state index in [9.17, 15) is 14.0 Å². The van der Waals surface area contributed by atoms with Crippen LogP contribution in [0.5, 0.6) is 0 Å². The average molecular weight is 281 g/mol. The van der Waals surface area contributed by atoms with Gasteiger partial charge >= 0.3 is 5.97 Å². The molecule has 0 atom stereocenters. The molecule has 2 N–H and O–H groups in total. The molecule has 0 aliphatic rings. The topological polar surface area (TPSA) is 92.2 Å². The lowest BCUT2D eigenvalue weighted by Crippen LogP contribution is -2.23. The van der Waals surface area contributed by atoms with Crippen molar-refractivity contribution in [3.05, 3.63) is 45.9 Å². The molecule has 8 heteroatoms. The monoisotopic (exact) mass is 281 g/mol. The van der Waals surface area contributed by atoms with Crippen molar-refractivity contribution < 1.29 is 19.1 Å². The summed E-state index contributed by atoms with van der Waals surface area (Å²) < 4.78 is 12.9. The zero-order chi connectivity index (χ0) is 13.8. The summed E-state index contributed by atoms with van der Waals surface area (Å²) in [6.45, 7) is 0.0767. The predicted octanol–water partition coefficient (Wildman–Crippen LogP) is 1.31. The molecule has 2 aromatic heterocycles. The standard InChI is InChI=1S/C11H8FN3O3S/c12-7-1-6(2-13-3-7)10(16)14-4-9-15-8(5-19-9)11(17)18/h1-3,5H,4H2,(H,14,16)(H,17,18). The number of carboxylic acids is 1. The van der Waals surface area contributed by atoms with E-state index in [4.69, 9.17) is 5.11 Å². The van der Waals surface area contributed by atoms with E-state index in [2.05, 4.69) is 15.3 Å². The van der Waals surface area contributed by atoms with Crippen molar-refractivity contribution in [2.45, 2.75) is 6.54 Å². The number of nitrogens with zero attached hydrogens (tertiary/aromatic N) is 2. The molecular weight excluding hydrogens is 273 g/mol. The van der Waals surface area contributed by atoms with Gasteiger partial charge in [0.15, 0.2) is 5.69 Å². The number of halogens is 1. The van der Waals surface area contributed by atoms with Crippen LogP contribution in [0.4, 0.5) is 4.39 Å². The van der Waals surface area contributed by atoms with Gasteiger partial charge in [0.2, 0.25) is 0 Å². The van der Waals surface area contributed by atoms with E-state index in [1.165, 1.54) is 11.6 Å². The molecule has 1 amide bonds. The molecule has 0 aliphatic carbocycles. The van der Waals surface area contributed by atoms with E-state index in [0.717, 1.165) is 23.6 Å². The molecule has 6 nitrogen and oxygen atoms in total. The highest BCUT2D eigenvalue weighted by Gasteiger charge is 2.11. The first-order chi connectivity index (χ1) is 9.06. The highest BCUT2D eigenvalue weighted by molar-refractivity contribution is 7.09. The minimum Gasteiger partial charge on any atom is -0.476 e. The third-order valence-electron chi connectivity index (χ3n) is 2.14. The van der Waals surface area contributed by atoms with Gasteiger partial charge in [0.25, 0.3) is 5.91 Å². The summed E-state index contributed by atoms with van der Waals surface area (Å²) in [4.78, 5) is 29.6. The fraction of sp³-hybridized carbons (Fsp3) is 0.0909. The van der Waals surface area contributed by atoms with Gasteiger partial charge in [-0.15, -0.1) is 11.3 Å². The fourth-order valence-electron chi connectivity index (χ4n) is 1.28. The van der Waals surface area contributed by atoms with E-state index in [1.807, 2.05) is 0 Å². The summed E-state index contributed by atoms with van der Waals surface area (Å²) in [5.74, 6) is -2.22. The Bertz CT molecular complexity index is 629.